The number of nitrogens with zero attached hydrogens (tertiary/aromatic N) is 4. The number of hydrogen-bond donors (Lipinski definition) is 1. The lowest BCUT2D eigenvalue weighted by Gasteiger charge is -2.22. The zero-order valence-corrected chi connectivity index (χ0v) is 11.5. The Morgan fingerprint density at radius 2 is 2.25 bits per heavy atom. The summed E-state index contributed by atoms with van der Waals surface area (Å²) >= 11 is 6.24. The molecule has 7 heteroatoms. The third-order valence-electron chi connectivity index (χ3n) is 3.27. The minimum Gasteiger partial charge on any atom is -0.355 e. The quantitative estimate of drug-likeness (QED) is 0.900. The van der Waals surface area contributed by atoms with E-state index in [1.54, 1.807) is 11.7 Å². The number of likely N-dealkylation sites (N-methyl/N-ethyl adjacent to an activating group) is 1. The average molecular weight is 290 g/mol. The summed E-state index contributed by atoms with van der Waals surface area (Å²) in [5.41, 5.74) is 1.50. The first-order chi connectivity index (χ1) is 9.70. The van der Waals surface area contributed by atoms with E-state index in [1.807, 2.05) is 30.3 Å². The number of nitrogens with one attached hydrogen (secondary N) is 1. The third-order valence-corrected chi connectivity index (χ3v) is 3.62. The average Bonchev–Trinajstić information content (AvgIpc) is 2.94. The molecule has 102 valence electrons. The van der Waals surface area contributed by atoms with Crippen LogP contribution in [0.15, 0.2) is 35.9 Å². The lowest BCUT2D eigenvalue weighted by atomic mass is 9.98. The van der Waals surface area contributed by atoms with Gasteiger partial charge in [-0.25, -0.2) is 4.68 Å². The molecule has 1 atom stereocenters. The summed E-state index contributed by atoms with van der Waals surface area (Å²) < 4.78 is 1.69. The molecule has 0 bridgehead atoms. The fraction of sp³-hybridized carbons (Fsp3) is 0.231. The molecule has 0 saturated carbocycles. The van der Waals surface area contributed by atoms with Crippen molar-refractivity contribution in [3.05, 3.63) is 52.3 Å². The number of halogens is 1. The van der Waals surface area contributed by atoms with Gasteiger partial charge in [0.05, 0.1) is 0 Å². The smallest absolute Gasteiger partial charge is 0.247 e. The number of rotatable bonds is 2. The highest BCUT2D eigenvalue weighted by Gasteiger charge is 2.27. The molecule has 20 heavy (non-hydrogen) atoms. The van der Waals surface area contributed by atoms with Crippen molar-refractivity contribution in [2.45, 2.75) is 12.5 Å². The van der Waals surface area contributed by atoms with E-state index < -0.39 is 0 Å². The van der Waals surface area contributed by atoms with Crippen LogP contribution in [0.5, 0.6) is 0 Å². The van der Waals surface area contributed by atoms with Gasteiger partial charge in [0.25, 0.3) is 0 Å². The number of hydrogen-bond acceptors (Lipinski definition) is 4. The summed E-state index contributed by atoms with van der Waals surface area (Å²) in [5.74, 6) is 0.521. The Balaban J connectivity index is 2.11. The van der Waals surface area contributed by atoms with Gasteiger partial charge >= 0.3 is 0 Å². The number of tetrazole rings is 1. The number of aromatic nitrogens is 4. The Kier molecular flexibility index (Phi) is 3.23. The predicted molar refractivity (Wildman–Crippen MR) is 73.3 cm³/mol. The highest BCUT2D eigenvalue weighted by molar-refractivity contribution is 6.31. The van der Waals surface area contributed by atoms with Crippen molar-refractivity contribution in [1.29, 1.82) is 0 Å². The molecule has 1 N–H and O–H groups in total. The van der Waals surface area contributed by atoms with Gasteiger partial charge in [-0.2, -0.15) is 0 Å². The Morgan fingerprint density at radius 1 is 1.45 bits per heavy atom. The molecule has 0 aliphatic carbocycles. The van der Waals surface area contributed by atoms with Crippen molar-refractivity contribution in [3.63, 3.8) is 0 Å². The van der Waals surface area contributed by atoms with Crippen LogP contribution >= 0.6 is 11.6 Å². The van der Waals surface area contributed by atoms with E-state index in [2.05, 4.69) is 20.8 Å². The zero-order valence-electron chi connectivity index (χ0n) is 10.7. The summed E-state index contributed by atoms with van der Waals surface area (Å²) in [6, 6.07) is 7.20. The maximum absolute atomic E-state index is 11.9. The van der Waals surface area contributed by atoms with Gasteiger partial charge in [0.2, 0.25) is 5.91 Å². The molecule has 1 amide bonds. The van der Waals surface area contributed by atoms with Crippen molar-refractivity contribution < 1.29 is 4.79 Å². The number of benzene rings is 1. The minimum absolute atomic E-state index is 0.128. The van der Waals surface area contributed by atoms with Crippen molar-refractivity contribution in [2.75, 3.05) is 7.05 Å². The lowest BCUT2D eigenvalue weighted by Crippen LogP contribution is -2.27. The van der Waals surface area contributed by atoms with Gasteiger partial charge in [0, 0.05) is 24.1 Å². The second kappa shape index (κ2) is 5.05. The van der Waals surface area contributed by atoms with Crippen LogP contribution in [0.25, 0.3) is 0 Å². The molecule has 0 saturated heterocycles. The molecule has 0 fully saturated rings. The summed E-state index contributed by atoms with van der Waals surface area (Å²) in [5, 5.41) is 14.9. The second-order valence-electron chi connectivity index (χ2n) is 4.45. The maximum atomic E-state index is 11.9. The normalized spacial score (nSPS) is 17.3. The Labute approximate surface area is 120 Å². The van der Waals surface area contributed by atoms with Crippen LogP contribution in [0, 0.1) is 0 Å². The number of carbonyl (C=O) groups is 1. The highest BCUT2D eigenvalue weighted by Crippen LogP contribution is 2.31. The maximum Gasteiger partial charge on any atom is 0.247 e. The van der Waals surface area contributed by atoms with E-state index in [-0.39, 0.29) is 11.9 Å². The molecule has 0 radical (unpaired) electrons. The summed E-state index contributed by atoms with van der Waals surface area (Å²) in [4.78, 5) is 11.9. The van der Waals surface area contributed by atoms with E-state index in [0.29, 0.717) is 22.8 Å². The van der Waals surface area contributed by atoms with Crippen LogP contribution in [0.1, 0.15) is 17.4 Å². The topological polar surface area (TPSA) is 72.7 Å². The van der Waals surface area contributed by atoms with E-state index >= 15 is 0 Å². The first kappa shape index (κ1) is 12.8. The molecule has 3 rings (SSSR count). The molecule has 1 aliphatic rings. The number of fused-ring (bicyclic) bond motifs is 1. The van der Waals surface area contributed by atoms with Crippen LogP contribution in [-0.4, -0.2) is 33.2 Å². The van der Waals surface area contributed by atoms with Gasteiger partial charge < -0.3 is 5.32 Å². The fourth-order valence-electron chi connectivity index (χ4n) is 2.29. The molecular weight excluding hydrogens is 278 g/mol. The zero-order chi connectivity index (χ0) is 14.1. The van der Waals surface area contributed by atoms with Gasteiger partial charge in [-0.15, -0.1) is 5.10 Å². The molecule has 1 aromatic heterocycles. The lowest BCUT2D eigenvalue weighted by molar-refractivity contribution is -0.117. The van der Waals surface area contributed by atoms with Gasteiger partial charge in [-0.1, -0.05) is 29.8 Å². The SMILES string of the molecule is CNC(=O)C1=CC(c2ccccc2Cl)n2nnnc2C1. The third kappa shape index (κ3) is 2.08. The van der Waals surface area contributed by atoms with Crippen LogP contribution in [-0.2, 0) is 11.2 Å². The number of allylic oxidation sites excluding steroid dienone is 1. The minimum atomic E-state index is -0.269. The largest absolute Gasteiger partial charge is 0.355 e. The molecular formula is C13H12ClN5O. The highest BCUT2D eigenvalue weighted by atomic mass is 35.5. The Bertz CT molecular complexity index is 694. The van der Waals surface area contributed by atoms with Crippen LogP contribution in [0.4, 0.5) is 0 Å². The Hall–Kier alpha value is -2.21. The molecule has 1 unspecified atom stereocenters. The van der Waals surface area contributed by atoms with E-state index in [4.69, 9.17) is 11.6 Å². The van der Waals surface area contributed by atoms with Gasteiger partial charge in [-0.3, -0.25) is 4.79 Å². The predicted octanol–water partition coefficient (Wildman–Crippen LogP) is 1.14. The molecule has 1 aromatic carbocycles. The second-order valence-corrected chi connectivity index (χ2v) is 4.86. The van der Waals surface area contributed by atoms with Gasteiger partial charge in [0.1, 0.15) is 6.04 Å². The fourth-order valence-corrected chi connectivity index (χ4v) is 2.54. The van der Waals surface area contributed by atoms with Crippen molar-refractivity contribution >= 4 is 17.5 Å². The number of amides is 1. The molecule has 1 aliphatic heterocycles. The van der Waals surface area contributed by atoms with Crippen molar-refractivity contribution in [1.82, 2.24) is 25.5 Å². The van der Waals surface area contributed by atoms with Crippen molar-refractivity contribution in [2.24, 2.45) is 0 Å². The van der Waals surface area contributed by atoms with Gasteiger partial charge in [0.15, 0.2) is 5.82 Å². The van der Waals surface area contributed by atoms with E-state index in [1.165, 1.54) is 0 Å². The van der Waals surface area contributed by atoms with Crippen LogP contribution < -0.4 is 5.32 Å². The molecule has 2 aromatic rings. The monoisotopic (exact) mass is 289 g/mol. The van der Waals surface area contributed by atoms with Crippen LogP contribution in [0.2, 0.25) is 5.02 Å². The summed E-state index contributed by atoms with van der Waals surface area (Å²) in [7, 11) is 1.60. The first-order valence-corrected chi connectivity index (χ1v) is 6.52. The number of carbonyl (C=O) groups excluding carboxylic acids is 1. The Morgan fingerprint density at radius 3 is 3.00 bits per heavy atom. The summed E-state index contributed by atoms with van der Waals surface area (Å²) in [6.45, 7) is 0. The summed E-state index contributed by atoms with van der Waals surface area (Å²) in [6.07, 6.45) is 2.26. The van der Waals surface area contributed by atoms with E-state index in [9.17, 15) is 4.79 Å². The van der Waals surface area contributed by atoms with Crippen molar-refractivity contribution in [3.8, 4) is 0 Å². The van der Waals surface area contributed by atoms with E-state index in [0.717, 1.165) is 5.56 Å². The standard InChI is InChI=1S/C13H12ClN5O/c1-15-13(20)8-6-11(9-4-2-3-5-10(9)14)19-12(7-8)16-17-18-19/h2-6,11H,7H2,1H3,(H,15,20). The molecule has 0 spiro atoms. The first-order valence-electron chi connectivity index (χ1n) is 6.14. The van der Waals surface area contributed by atoms with Gasteiger partial charge in [-0.05, 0) is 28.1 Å². The molecule has 2 heterocycles. The van der Waals surface area contributed by atoms with Crippen LogP contribution in [0.3, 0.4) is 0 Å². The molecule has 6 nitrogen and oxygen atoms in total.